The molecule has 1 N–H and O–H groups in total. The molecule has 1 amide bonds. The van der Waals surface area contributed by atoms with E-state index in [-0.39, 0.29) is 5.57 Å². The Morgan fingerprint density at radius 2 is 1.85 bits per heavy atom. The molecule has 0 heterocycles. The van der Waals surface area contributed by atoms with Gasteiger partial charge in [-0.25, -0.2) is 0 Å². The van der Waals surface area contributed by atoms with Crippen LogP contribution < -0.4 is 14.8 Å². The summed E-state index contributed by atoms with van der Waals surface area (Å²) < 4.78 is 11.8. The third-order valence-corrected chi connectivity index (χ3v) is 4.20. The smallest absolute Gasteiger partial charge is 0.266 e. The zero-order valence-electron chi connectivity index (χ0n) is 14.6. The van der Waals surface area contributed by atoms with E-state index in [9.17, 15) is 10.1 Å². The van der Waals surface area contributed by atoms with Gasteiger partial charge >= 0.3 is 0 Å². The van der Waals surface area contributed by atoms with Crippen molar-refractivity contribution in [1.82, 2.24) is 0 Å². The lowest BCUT2D eigenvalue weighted by atomic mass is 10.1. The highest BCUT2D eigenvalue weighted by Crippen LogP contribution is 2.23. The molecule has 134 valence electrons. The number of hydrogen-bond donors (Lipinski definition) is 1. The molecule has 0 saturated heterocycles. The summed E-state index contributed by atoms with van der Waals surface area (Å²) >= 11 is 2.16. The molecule has 0 atom stereocenters. The Morgan fingerprint density at radius 3 is 2.42 bits per heavy atom. The van der Waals surface area contributed by atoms with Crippen LogP contribution in [-0.4, -0.2) is 19.1 Å². The molecular formula is C20H19IN2O3. The number of nitrogens with zero attached hydrogens (tertiary/aromatic N) is 1. The first-order valence-corrected chi connectivity index (χ1v) is 9.23. The van der Waals surface area contributed by atoms with Gasteiger partial charge in [0.15, 0.2) is 0 Å². The van der Waals surface area contributed by atoms with Gasteiger partial charge in [-0.3, -0.25) is 4.79 Å². The molecule has 0 fully saturated rings. The number of nitriles is 1. The van der Waals surface area contributed by atoms with E-state index in [1.807, 2.05) is 38.1 Å². The fourth-order valence-corrected chi connectivity index (χ4v) is 2.89. The Hall–Kier alpha value is -2.53. The predicted molar refractivity (Wildman–Crippen MR) is 110 cm³/mol. The van der Waals surface area contributed by atoms with Crippen LogP contribution in [0.25, 0.3) is 6.08 Å². The minimum atomic E-state index is -0.458. The van der Waals surface area contributed by atoms with Crippen molar-refractivity contribution in [3.8, 4) is 17.6 Å². The highest BCUT2D eigenvalue weighted by molar-refractivity contribution is 14.1. The highest BCUT2D eigenvalue weighted by atomic mass is 127. The number of rotatable bonds is 7. The molecule has 0 unspecified atom stereocenters. The van der Waals surface area contributed by atoms with Crippen molar-refractivity contribution < 1.29 is 14.3 Å². The van der Waals surface area contributed by atoms with Gasteiger partial charge < -0.3 is 14.8 Å². The van der Waals surface area contributed by atoms with Crippen molar-refractivity contribution in [2.75, 3.05) is 18.5 Å². The topological polar surface area (TPSA) is 71.3 Å². The maximum Gasteiger partial charge on any atom is 0.266 e. The molecule has 2 rings (SSSR count). The first-order valence-electron chi connectivity index (χ1n) is 8.15. The number of hydrogen-bond acceptors (Lipinski definition) is 4. The number of ether oxygens (including phenoxy) is 2. The quantitative estimate of drug-likeness (QED) is 0.370. The molecule has 0 aliphatic rings. The number of benzene rings is 2. The Balaban J connectivity index is 2.14. The zero-order chi connectivity index (χ0) is 18.9. The van der Waals surface area contributed by atoms with Crippen LogP contribution >= 0.6 is 22.6 Å². The van der Waals surface area contributed by atoms with Crippen molar-refractivity contribution in [3.63, 3.8) is 0 Å². The number of carbonyl (C=O) groups excluding carboxylic acids is 1. The van der Waals surface area contributed by atoms with E-state index in [1.54, 1.807) is 30.3 Å². The van der Waals surface area contributed by atoms with Gasteiger partial charge in [0, 0.05) is 5.69 Å². The minimum Gasteiger partial charge on any atom is -0.494 e. The van der Waals surface area contributed by atoms with Gasteiger partial charge in [-0.05, 0) is 84.5 Å². The summed E-state index contributed by atoms with van der Waals surface area (Å²) in [6.07, 6.45) is 1.56. The summed E-state index contributed by atoms with van der Waals surface area (Å²) in [6, 6.07) is 14.5. The van der Waals surface area contributed by atoms with Gasteiger partial charge in [-0.1, -0.05) is 6.07 Å². The number of nitrogens with one attached hydrogen (secondary N) is 1. The Labute approximate surface area is 166 Å². The Kier molecular flexibility index (Phi) is 7.48. The van der Waals surface area contributed by atoms with Crippen LogP contribution in [0.2, 0.25) is 0 Å². The monoisotopic (exact) mass is 462 g/mol. The maximum atomic E-state index is 12.4. The van der Waals surface area contributed by atoms with E-state index in [0.29, 0.717) is 18.9 Å². The van der Waals surface area contributed by atoms with Crippen LogP contribution in [0.5, 0.6) is 11.5 Å². The molecule has 0 radical (unpaired) electrons. The van der Waals surface area contributed by atoms with E-state index in [0.717, 1.165) is 20.6 Å². The molecule has 2 aromatic carbocycles. The molecule has 0 aromatic heterocycles. The first kappa shape index (κ1) is 19.8. The second-order valence-electron chi connectivity index (χ2n) is 5.20. The molecular weight excluding hydrogens is 443 g/mol. The fourth-order valence-electron chi connectivity index (χ4n) is 2.19. The fraction of sp³-hybridized carbons (Fsp3) is 0.200. The van der Waals surface area contributed by atoms with E-state index < -0.39 is 5.91 Å². The first-order chi connectivity index (χ1) is 12.6. The summed E-state index contributed by atoms with van der Waals surface area (Å²) in [7, 11) is 0. The summed E-state index contributed by atoms with van der Waals surface area (Å²) in [6.45, 7) is 4.98. The lowest BCUT2D eigenvalue weighted by molar-refractivity contribution is -0.112. The third kappa shape index (κ3) is 5.49. The molecule has 0 spiro atoms. The van der Waals surface area contributed by atoms with Crippen molar-refractivity contribution in [1.29, 1.82) is 5.26 Å². The molecule has 2 aromatic rings. The second kappa shape index (κ2) is 9.82. The summed E-state index contributed by atoms with van der Waals surface area (Å²) in [5.74, 6) is 1.05. The van der Waals surface area contributed by atoms with Crippen molar-refractivity contribution in [2.45, 2.75) is 13.8 Å². The van der Waals surface area contributed by atoms with Crippen molar-refractivity contribution in [2.24, 2.45) is 0 Å². The van der Waals surface area contributed by atoms with Gasteiger partial charge in [-0.15, -0.1) is 0 Å². The number of halogens is 1. The van der Waals surface area contributed by atoms with Crippen LogP contribution in [0.4, 0.5) is 5.69 Å². The van der Waals surface area contributed by atoms with E-state index in [1.165, 1.54) is 0 Å². The molecule has 5 nitrogen and oxygen atoms in total. The highest BCUT2D eigenvalue weighted by Gasteiger charge is 2.10. The van der Waals surface area contributed by atoms with Crippen molar-refractivity contribution >= 4 is 40.3 Å². The molecule has 0 saturated carbocycles. The number of carbonyl (C=O) groups is 1. The van der Waals surface area contributed by atoms with Crippen LogP contribution in [0.3, 0.4) is 0 Å². The molecule has 6 heteroatoms. The normalized spacial score (nSPS) is 10.8. The average molecular weight is 462 g/mol. The zero-order valence-corrected chi connectivity index (χ0v) is 16.7. The summed E-state index contributed by atoms with van der Waals surface area (Å²) in [5, 5.41) is 12.0. The molecule has 26 heavy (non-hydrogen) atoms. The van der Waals surface area contributed by atoms with Gasteiger partial charge in [0.2, 0.25) is 0 Å². The number of amides is 1. The van der Waals surface area contributed by atoms with Crippen LogP contribution in [-0.2, 0) is 4.79 Å². The Bertz CT molecular complexity index is 839. The molecule has 0 bridgehead atoms. The van der Waals surface area contributed by atoms with Crippen LogP contribution in [0, 0.1) is 14.9 Å². The predicted octanol–water partition coefficient (Wildman–Crippen LogP) is 4.63. The van der Waals surface area contributed by atoms with Gasteiger partial charge in [-0.2, -0.15) is 5.26 Å². The largest absolute Gasteiger partial charge is 0.494 e. The van der Waals surface area contributed by atoms with E-state index in [4.69, 9.17) is 9.47 Å². The summed E-state index contributed by atoms with van der Waals surface area (Å²) in [4.78, 5) is 12.4. The van der Waals surface area contributed by atoms with Gasteiger partial charge in [0.1, 0.15) is 23.1 Å². The lowest BCUT2D eigenvalue weighted by Crippen LogP contribution is -2.13. The molecule has 0 aliphatic heterocycles. The second-order valence-corrected chi connectivity index (χ2v) is 6.37. The lowest BCUT2D eigenvalue weighted by Gasteiger charge is -2.08. The number of anilines is 1. The van der Waals surface area contributed by atoms with E-state index in [2.05, 4.69) is 27.9 Å². The van der Waals surface area contributed by atoms with Crippen molar-refractivity contribution in [3.05, 3.63) is 57.2 Å². The standard InChI is InChI=1S/C20H19IN2O3/c1-3-25-17-8-6-16(7-9-17)23-20(24)15(13-22)11-14-5-10-19(26-4-2)18(21)12-14/h5-12H,3-4H2,1-2H3,(H,23,24)/b15-11-. The van der Waals surface area contributed by atoms with Crippen LogP contribution in [0.15, 0.2) is 48.0 Å². The van der Waals surface area contributed by atoms with Crippen LogP contribution in [0.1, 0.15) is 19.4 Å². The summed E-state index contributed by atoms with van der Waals surface area (Å²) in [5.41, 5.74) is 1.39. The third-order valence-electron chi connectivity index (χ3n) is 3.36. The maximum absolute atomic E-state index is 12.4. The SMILES string of the molecule is CCOc1ccc(NC(=O)/C(C#N)=C\c2ccc(OCC)c(I)c2)cc1. The van der Waals surface area contributed by atoms with Gasteiger partial charge in [0.05, 0.1) is 16.8 Å². The van der Waals surface area contributed by atoms with Gasteiger partial charge in [0.25, 0.3) is 5.91 Å². The van der Waals surface area contributed by atoms with E-state index >= 15 is 0 Å². The Morgan fingerprint density at radius 1 is 1.15 bits per heavy atom. The average Bonchev–Trinajstić information content (AvgIpc) is 2.63. The minimum absolute atomic E-state index is 0.0267. The molecule has 0 aliphatic carbocycles.